The maximum absolute atomic E-state index is 13.2. The van der Waals surface area contributed by atoms with Gasteiger partial charge in [0.1, 0.15) is 11.8 Å². The Bertz CT molecular complexity index is 1020. The van der Waals surface area contributed by atoms with Crippen LogP contribution in [0.4, 0.5) is 5.69 Å². The van der Waals surface area contributed by atoms with Crippen LogP contribution in [0.5, 0.6) is 17.2 Å². The highest BCUT2D eigenvalue weighted by Gasteiger charge is 2.39. The van der Waals surface area contributed by atoms with Crippen LogP contribution in [0.3, 0.4) is 0 Å². The number of ether oxygens (including phenoxy) is 3. The van der Waals surface area contributed by atoms with Crippen molar-refractivity contribution in [2.45, 2.75) is 43.7 Å². The van der Waals surface area contributed by atoms with Gasteiger partial charge < -0.3 is 19.5 Å². The lowest BCUT2D eigenvalue weighted by molar-refractivity contribution is -0.119. The summed E-state index contributed by atoms with van der Waals surface area (Å²) in [6.45, 7) is 4.14. The van der Waals surface area contributed by atoms with Gasteiger partial charge in [-0.3, -0.25) is 4.79 Å². The fraction of sp³-hybridized carbons (Fsp3) is 0.409. The van der Waals surface area contributed by atoms with Gasteiger partial charge in [0, 0.05) is 18.3 Å². The minimum atomic E-state index is -3.89. The largest absolute Gasteiger partial charge is 0.493 e. The highest BCUT2D eigenvalue weighted by Crippen LogP contribution is 2.33. The van der Waals surface area contributed by atoms with Gasteiger partial charge in [-0.15, -0.1) is 0 Å². The van der Waals surface area contributed by atoms with Crippen LogP contribution in [0.1, 0.15) is 26.7 Å². The van der Waals surface area contributed by atoms with E-state index in [2.05, 4.69) is 5.32 Å². The summed E-state index contributed by atoms with van der Waals surface area (Å²) >= 11 is 0. The number of anilines is 1. The molecule has 31 heavy (non-hydrogen) atoms. The molecule has 168 valence electrons. The lowest BCUT2D eigenvalue weighted by atomic mass is 10.2. The molecule has 1 atom stereocenters. The Balaban J connectivity index is 1.77. The fourth-order valence-electron chi connectivity index (χ4n) is 3.52. The molecule has 2 aromatic carbocycles. The molecule has 1 N–H and O–H groups in total. The van der Waals surface area contributed by atoms with Crippen molar-refractivity contribution in [2.24, 2.45) is 0 Å². The first kappa shape index (κ1) is 22.9. The third-order valence-electron chi connectivity index (χ3n) is 4.96. The van der Waals surface area contributed by atoms with E-state index in [-0.39, 0.29) is 23.5 Å². The monoisotopic (exact) mass is 448 g/mol. The molecule has 1 fully saturated rings. The predicted octanol–water partition coefficient (Wildman–Crippen LogP) is 3.28. The molecule has 9 heteroatoms. The van der Waals surface area contributed by atoms with E-state index in [1.165, 1.54) is 36.7 Å². The van der Waals surface area contributed by atoms with Crippen LogP contribution in [0.15, 0.2) is 47.4 Å². The summed E-state index contributed by atoms with van der Waals surface area (Å²) in [7, 11) is -0.963. The van der Waals surface area contributed by atoms with Gasteiger partial charge in [0.25, 0.3) is 0 Å². The number of benzene rings is 2. The van der Waals surface area contributed by atoms with Crippen LogP contribution < -0.4 is 19.5 Å². The van der Waals surface area contributed by atoms with Gasteiger partial charge in [0.15, 0.2) is 11.5 Å². The third-order valence-corrected chi connectivity index (χ3v) is 6.87. The Morgan fingerprint density at radius 1 is 1.06 bits per heavy atom. The number of sulfonamides is 1. The van der Waals surface area contributed by atoms with Crippen molar-refractivity contribution in [3.05, 3.63) is 42.5 Å². The van der Waals surface area contributed by atoms with E-state index in [0.29, 0.717) is 35.8 Å². The predicted molar refractivity (Wildman–Crippen MR) is 117 cm³/mol. The van der Waals surface area contributed by atoms with Gasteiger partial charge in [-0.2, -0.15) is 4.31 Å². The second kappa shape index (κ2) is 9.57. The number of rotatable bonds is 8. The molecule has 3 rings (SSSR count). The van der Waals surface area contributed by atoms with Crippen molar-refractivity contribution in [2.75, 3.05) is 26.1 Å². The van der Waals surface area contributed by atoms with Gasteiger partial charge in [0.2, 0.25) is 15.9 Å². The van der Waals surface area contributed by atoms with Crippen LogP contribution in [0.25, 0.3) is 0 Å². The van der Waals surface area contributed by atoms with E-state index in [0.717, 1.165) is 0 Å². The van der Waals surface area contributed by atoms with Crippen LogP contribution in [0.2, 0.25) is 0 Å². The van der Waals surface area contributed by atoms with Gasteiger partial charge in [-0.25, -0.2) is 8.42 Å². The fourth-order valence-corrected chi connectivity index (χ4v) is 5.19. The van der Waals surface area contributed by atoms with Crippen molar-refractivity contribution in [1.29, 1.82) is 0 Å². The number of amides is 1. The number of hydrogen-bond acceptors (Lipinski definition) is 6. The molecular formula is C22H28N2O6S. The summed E-state index contributed by atoms with van der Waals surface area (Å²) in [5.41, 5.74) is 0.580. The van der Waals surface area contributed by atoms with Gasteiger partial charge in [-0.05, 0) is 63.1 Å². The van der Waals surface area contributed by atoms with E-state index < -0.39 is 16.1 Å². The molecule has 2 aromatic rings. The van der Waals surface area contributed by atoms with Crippen LogP contribution in [-0.4, -0.2) is 51.5 Å². The summed E-state index contributed by atoms with van der Waals surface area (Å²) in [6.07, 6.45) is 1.10. The minimum absolute atomic E-state index is 0.0503. The van der Waals surface area contributed by atoms with Crippen LogP contribution >= 0.6 is 0 Å². The van der Waals surface area contributed by atoms with Crippen LogP contribution in [-0.2, 0) is 14.8 Å². The molecule has 1 heterocycles. The number of nitrogens with zero attached hydrogens (tertiary/aromatic N) is 1. The Kier molecular flexibility index (Phi) is 7.07. The summed E-state index contributed by atoms with van der Waals surface area (Å²) in [5.74, 6) is 1.08. The van der Waals surface area contributed by atoms with Gasteiger partial charge in [0.05, 0.1) is 25.2 Å². The van der Waals surface area contributed by atoms with E-state index in [1.54, 1.807) is 24.3 Å². The molecule has 0 aromatic heterocycles. The molecule has 0 bridgehead atoms. The summed E-state index contributed by atoms with van der Waals surface area (Å²) in [6, 6.07) is 10.6. The highest BCUT2D eigenvalue weighted by atomic mass is 32.2. The summed E-state index contributed by atoms with van der Waals surface area (Å²) in [4.78, 5) is 13.0. The molecule has 8 nitrogen and oxygen atoms in total. The smallest absolute Gasteiger partial charge is 0.243 e. The number of methoxy groups -OCH3 is 2. The lowest BCUT2D eigenvalue weighted by Crippen LogP contribution is -2.43. The first-order valence-electron chi connectivity index (χ1n) is 10.1. The van der Waals surface area contributed by atoms with Crippen molar-refractivity contribution in [1.82, 2.24) is 4.31 Å². The standard InChI is InChI=1S/C22H28N2O6S/c1-15(2)30-17-9-7-16(8-10-17)23-22(25)19-6-5-13-24(19)31(26,27)18-11-12-20(28-3)21(14-18)29-4/h7-12,14-15,19H,5-6,13H2,1-4H3,(H,23,25). The molecule has 0 radical (unpaired) electrons. The third kappa shape index (κ3) is 5.11. The van der Waals surface area contributed by atoms with Crippen molar-refractivity contribution in [3.63, 3.8) is 0 Å². The lowest BCUT2D eigenvalue weighted by Gasteiger charge is -2.24. The highest BCUT2D eigenvalue weighted by molar-refractivity contribution is 7.89. The average Bonchev–Trinajstić information content (AvgIpc) is 3.25. The minimum Gasteiger partial charge on any atom is -0.493 e. The Labute approximate surface area is 183 Å². The molecule has 1 amide bonds. The number of carbonyl (C=O) groups is 1. The Hall–Kier alpha value is -2.78. The maximum Gasteiger partial charge on any atom is 0.243 e. The van der Waals surface area contributed by atoms with E-state index in [4.69, 9.17) is 14.2 Å². The molecule has 0 spiro atoms. The summed E-state index contributed by atoms with van der Waals surface area (Å²) in [5, 5.41) is 2.81. The number of carbonyl (C=O) groups excluding carboxylic acids is 1. The van der Waals surface area contributed by atoms with Crippen molar-refractivity contribution >= 4 is 21.6 Å². The molecule has 1 unspecified atom stereocenters. The number of nitrogens with one attached hydrogen (secondary N) is 1. The quantitative estimate of drug-likeness (QED) is 0.666. The molecule has 0 saturated carbocycles. The molecule has 1 aliphatic heterocycles. The molecule has 1 saturated heterocycles. The Morgan fingerprint density at radius 3 is 2.35 bits per heavy atom. The van der Waals surface area contributed by atoms with E-state index in [9.17, 15) is 13.2 Å². The number of hydrogen-bond donors (Lipinski definition) is 1. The van der Waals surface area contributed by atoms with Crippen molar-refractivity contribution in [3.8, 4) is 17.2 Å². The zero-order valence-electron chi connectivity index (χ0n) is 18.1. The second-order valence-corrected chi connectivity index (χ2v) is 9.36. The Morgan fingerprint density at radius 2 is 1.74 bits per heavy atom. The zero-order chi connectivity index (χ0) is 22.6. The molecule has 1 aliphatic rings. The van der Waals surface area contributed by atoms with Crippen molar-refractivity contribution < 1.29 is 27.4 Å². The topological polar surface area (TPSA) is 94.2 Å². The van der Waals surface area contributed by atoms with Gasteiger partial charge >= 0.3 is 0 Å². The van der Waals surface area contributed by atoms with E-state index >= 15 is 0 Å². The normalized spacial score (nSPS) is 16.9. The molecule has 0 aliphatic carbocycles. The first-order chi connectivity index (χ1) is 14.8. The SMILES string of the molecule is COc1ccc(S(=O)(=O)N2CCCC2C(=O)Nc2ccc(OC(C)C)cc2)cc1OC. The average molecular weight is 449 g/mol. The zero-order valence-corrected chi connectivity index (χ0v) is 18.9. The second-order valence-electron chi connectivity index (χ2n) is 7.47. The van der Waals surface area contributed by atoms with Crippen LogP contribution in [0, 0.1) is 0 Å². The van der Waals surface area contributed by atoms with Gasteiger partial charge in [-0.1, -0.05) is 0 Å². The molecular weight excluding hydrogens is 420 g/mol. The first-order valence-corrected chi connectivity index (χ1v) is 11.5. The summed E-state index contributed by atoms with van der Waals surface area (Å²) < 4.78 is 43.8. The van der Waals surface area contributed by atoms with E-state index in [1.807, 2.05) is 13.8 Å². The maximum atomic E-state index is 13.2.